The van der Waals surface area contributed by atoms with Gasteiger partial charge in [-0.15, -0.1) is 24.8 Å². The van der Waals surface area contributed by atoms with E-state index in [-0.39, 0.29) is 6.61 Å². The van der Waals surface area contributed by atoms with Gasteiger partial charge >= 0.3 is 18.5 Å². The number of hydrogen-bond donors (Lipinski definition) is 0. The van der Waals surface area contributed by atoms with E-state index in [1.807, 2.05) is 0 Å². The number of aromatic nitrogens is 1. The summed E-state index contributed by atoms with van der Waals surface area (Å²) in [5, 5.41) is 0. The first-order valence-electron chi connectivity index (χ1n) is 6.05. The smallest absolute Gasteiger partial charge is 0.466 e. The average Bonchev–Trinajstić information content (AvgIpc) is 2.37. The van der Waals surface area contributed by atoms with Crippen molar-refractivity contribution in [3.8, 4) is 5.75 Å². The minimum Gasteiger partial charge on any atom is -0.466 e. The maximum Gasteiger partial charge on any atom is 0.573 e. The van der Waals surface area contributed by atoms with Crippen molar-refractivity contribution in [1.82, 2.24) is 4.98 Å². The Morgan fingerprint density at radius 1 is 1.26 bits per heavy atom. The van der Waals surface area contributed by atoms with Crippen LogP contribution in [0.25, 0.3) is 0 Å². The molecule has 1 rings (SSSR count). The third kappa shape index (κ3) is 5.77. The first kappa shape index (κ1) is 19.3. The maximum absolute atomic E-state index is 12.8. The topological polar surface area (TPSA) is 48.4 Å². The van der Waals surface area contributed by atoms with Gasteiger partial charge in [-0.3, -0.25) is 4.79 Å². The van der Waals surface area contributed by atoms with Gasteiger partial charge in [-0.25, -0.2) is 4.98 Å². The van der Waals surface area contributed by atoms with E-state index in [1.54, 1.807) is 0 Å². The van der Waals surface area contributed by atoms with Crippen molar-refractivity contribution in [2.45, 2.75) is 31.8 Å². The molecule has 0 spiro atoms. The van der Waals surface area contributed by atoms with Gasteiger partial charge in [-0.1, -0.05) is 0 Å². The number of esters is 1. The van der Waals surface area contributed by atoms with Gasteiger partial charge in [0, 0.05) is 5.56 Å². The van der Waals surface area contributed by atoms with Crippen LogP contribution in [-0.4, -0.2) is 23.9 Å². The normalized spacial score (nSPS) is 12.2. The van der Waals surface area contributed by atoms with Crippen molar-refractivity contribution in [3.63, 3.8) is 0 Å². The van der Waals surface area contributed by atoms with Crippen molar-refractivity contribution in [2.75, 3.05) is 6.61 Å². The van der Waals surface area contributed by atoms with Gasteiger partial charge in [0.05, 0.1) is 24.6 Å². The molecule has 1 aromatic rings. The molecule has 0 saturated heterocycles. The molecule has 130 valence electrons. The summed E-state index contributed by atoms with van der Waals surface area (Å²) < 4.78 is 83.7. The van der Waals surface area contributed by atoms with E-state index in [9.17, 15) is 31.1 Å². The van der Waals surface area contributed by atoms with Crippen molar-refractivity contribution < 1.29 is 40.6 Å². The fourth-order valence-corrected chi connectivity index (χ4v) is 1.80. The van der Waals surface area contributed by atoms with Crippen LogP contribution in [0.4, 0.5) is 26.3 Å². The molecule has 0 saturated carbocycles. The zero-order valence-electron chi connectivity index (χ0n) is 11.5. The summed E-state index contributed by atoms with van der Waals surface area (Å²) in [4.78, 5) is 14.4. The predicted molar refractivity (Wildman–Crippen MR) is 65.8 cm³/mol. The first-order chi connectivity index (χ1) is 10.5. The molecule has 0 aliphatic heterocycles. The number of ether oxygens (including phenoxy) is 2. The summed E-state index contributed by atoms with van der Waals surface area (Å²) in [5.74, 6) is -2.82. The molecule has 23 heavy (non-hydrogen) atoms. The molecule has 0 unspecified atom stereocenters. The summed E-state index contributed by atoms with van der Waals surface area (Å²) in [6.45, 7) is 1.34. The van der Waals surface area contributed by atoms with Crippen LogP contribution in [0.5, 0.6) is 5.75 Å². The first-order valence-corrected chi connectivity index (χ1v) is 6.58. The largest absolute Gasteiger partial charge is 0.573 e. The molecule has 0 aliphatic carbocycles. The van der Waals surface area contributed by atoms with Gasteiger partial charge in [0.1, 0.15) is 5.69 Å². The second-order valence-electron chi connectivity index (χ2n) is 4.10. The zero-order valence-corrected chi connectivity index (χ0v) is 12.3. The highest BCUT2D eigenvalue weighted by Crippen LogP contribution is 2.36. The molecular formula is C12H10ClF6NO3. The summed E-state index contributed by atoms with van der Waals surface area (Å²) in [6.07, 6.45) is -11.0. The summed E-state index contributed by atoms with van der Waals surface area (Å²) in [5.41, 5.74) is -2.93. The van der Waals surface area contributed by atoms with Gasteiger partial charge in [-0.2, -0.15) is 13.2 Å². The number of alkyl halides is 7. The van der Waals surface area contributed by atoms with Crippen molar-refractivity contribution in [2.24, 2.45) is 0 Å². The average molecular weight is 366 g/mol. The maximum atomic E-state index is 12.8. The molecule has 0 N–H and O–H groups in total. The zero-order chi connectivity index (χ0) is 17.8. The van der Waals surface area contributed by atoms with E-state index in [0.29, 0.717) is 6.07 Å². The Morgan fingerprint density at radius 3 is 2.30 bits per heavy atom. The van der Waals surface area contributed by atoms with E-state index >= 15 is 0 Å². The van der Waals surface area contributed by atoms with Crippen LogP contribution in [-0.2, 0) is 28.0 Å². The number of nitrogens with zero attached hydrogens (tertiary/aromatic N) is 1. The van der Waals surface area contributed by atoms with E-state index in [4.69, 9.17) is 11.6 Å². The van der Waals surface area contributed by atoms with E-state index in [2.05, 4.69) is 14.5 Å². The van der Waals surface area contributed by atoms with Crippen molar-refractivity contribution >= 4 is 17.6 Å². The van der Waals surface area contributed by atoms with Crippen LogP contribution in [0.2, 0.25) is 0 Å². The molecule has 0 aliphatic rings. The minimum absolute atomic E-state index is 0.0894. The number of halogens is 7. The predicted octanol–water partition coefficient (Wildman–Crippen LogP) is 3.84. The quantitative estimate of drug-likeness (QED) is 0.452. The van der Waals surface area contributed by atoms with Gasteiger partial charge in [0.15, 0.2) is 5.75 Å². The molecule has 0 fully saturated rings. The number of carbonyl (C=O) groups excluding carboxylic acids is 1. The number of pyridine rings is 1. The van der Waals surface area contributed by atoms with Crippen LogP contribution in [0.1, 0.15) is 23.9 Å². The highest BCUT2D eigenvalue weighted by Gasteiger charge is 2.38. The molecular weight excluding hydrogens is 356 g/mol. The van der Waals surface area contributed by atoms with E-state index in [1.165, 1.54) is 6.92 Å². The standard InChI is InChI=1S/C12H10ClF6NO3/c1-2-22-9(21)4-6-3-8(11(14,15)16)20-7(5-13)10(6)23-12(17,18)19/h3H,2,4-5H2,1H3. The Bertz CT molecular complexity index is 573. The Kier molecular flexibility index (Phi) is 6.09. The van der Waals surface area contributed by atoms with Crippen LogP contribution >= 0.6 is 11.6 Å². The molecule has 4 nitrogen and oxygen atoms in total. The third-order valence-corrected chi connectivity index (χ3v) is 2.65. The fraction of sp³-hybridized carbons (Fsp3) is 0.500. The molecule has 0 radical (unpaired) electrons. The Hall–Kier alpha value is -1.71. The molecule has 1 aromatic heterocycles. The van der Waals surface area contributed by atoms with Gasteiger partial charge < -0.3 is 9.47 Å². The highest BCUT2D eigenvalue weighted by molar-refractivity contribution is 6.17. The highest BCUT2D eigenvalue weighted by atomic mass is 35.5. The monoisotopic (exact) mass is 365 g/mol. The van der Waals surface area contributed by atoms with Crippen molar-refractivity contribution in [3.05, 3.63) is 23.0 Å². The Labute approximate surface area is 131 Å². The van der Waals surface area contributed by atoms with Crippen LogP contribution in [0.3, 0.4) is 0 Å². The summed E-state index contributed by atoms with van der Waals surface area (Å²) in [7, 11) is 0. The number of carbonyl (C=O) groups is 1. The molecule has 0 bridgehead atoms. The lowest BCUT2D eigenvalue weighted by Crippen LogP contribution is -2.22. The van der Waals surface area contributed by atoms with Gasteiger partial charge in [0.2, 0.25) is 0 Å². The Balaban J connectivity index is 3.41. The number of hydrogen-bond acceptors (Lipinski definition) is 4. The van der Waals surface area contributed by atoms with Crippen LogP contribution in [0.15, 0.2) is 6.07 Å². The second kappa shape index (κ2) is 7.24. The second-order valence-corrected chi connectivity index (χ2v) is 4.37. The third-order valence-electron chi connectivity index (χ3n) is 2.40. The Morgan fingerprint density at radius 2 is 1.87 bits per heavy atom. The minimum atomic E-state index is -5.19. The molecule has 0 atom stereocenters. The number of rotatable bonds is 5. The van der Waals surface area contributed by atoms with Crippen LogP contribution in [0, 0.1) is 0 Å². The molecule has 1 heterocycles. The molecule has 0 amide bonds. The summed E-state index contributed by atoms with van der Waals surface area (Å²) >= 11 is 5.36. The van der Waals surface area contributed by atoms with Gasteiger partial charge in [-0.05, 0) is 13.0 Å². The van der Waals surface area contributed by atoms with E-state index < -0.39 is 53.5 Å². The summed E-state index contributed by atoms with van der Waals surface area (Å²) in [6, 6.07) is 0.300. The molecule has 0 aromatic carbocycles. The molecule has 11 heteroatoms. The lowest BCUT2D eigenvalue weighted by atomic mass is 10.1. The lowest BCUT2D eigenvalue weighted by molar-refractivity contribution is -0.275. The lowest BCUT2D eigenvalue weighted by Gasteiger charge is -2.17. The SMILES string of the molecule is CCOC(=O)Cc1cc(C(F)(F)F)nc(CCl)c1OC(F)(F)F. The van der Waals surface area contributed by atoms with Crippen LogP contribution < -0.4 is 4.74 Å². The van der Waals surface area contributed by atoms with Gasteiger partial charge in [0.25, 0.3) is 0 Å². The van der Waals surface area contributed by atoms with Crippen molar-refractivity contribution in [1.29, 1.82) is 0 Å². The fourth-order valence-electron chi connectivity index (χ4n) is 1.62. The van der Waals surface area contributed by atoms with E-state index in [0.717, 1.165) is 0 Å².